The molecule has 108 valence electrons. The Balaban J connectivity index is 2.70. The fraction of sp³-hybridized carbons (Fsp3) is 0.538. The number of aryl methyl sites for hydroxylation is 1. The molecule has 0 amide bonds. The minimum absolute atomic E-state index is 0.0113. The number of rotatable bonds is 8. The molecule has 4 nitrogen and oxygen atoms in total. The van der Waals surface area contributed by atoms with E-state index in [0.29, 0.717) is 18.0 Å². The fourth-order valence-corrected chi connectivity index (χ4v) is 3.39. The summed E-state index contributed by atoms with van der Waals surface area (Å²) in [7, 11) is -3.37. The van der Waals surface area contributed by atoms with Crippen LogP contribution in [-0.4, -0.2) is 31.8 Å². The van der Waals surface area contributed by atoms with E-state index in [0.717, 1.165) is 12.0 Å². The van der Waals surface area contributed by atoms with Crippen molar-refractivity contribution in [3.8, 4) is 0 Å². The molecule has 1 unspecified atom stereocenters. The van der Waals surface area contributed by atoms with Gasteiger partial charge in [-0.3, -0.25) is 4.72 Å². The van der Waals surface area contributed by atoms with Crippen molar-refractivity contribution in [2.24, 2.45) is 5.92 Å². The molecular formula is C13H20ClNO3S. The van der Waals surface area contributed by atoms with E-state index in [2.05, 4.69) is 4.72 Å². The van der Waals surface area contributed by atoms with Gasteiger partial charge in [0.1, 0.15) is 0 Å². The molecule has 1 aromatic rings. The van der Waals surface area contributed by atoms with Crippen LogP contribution in [0.3, 0.4) is 0 Å². The van der Waals surface area contributed by atoms with Crippen LogP contribution >= 0.6 is 11.6 Å². The van der Waals surface area contributed by atoms with Gasteiger partial charge in [-0.2, -0.15) is 0 Å². The molecule has 0 aromatic heterocycles. The first-order valence-corrected chi connectivity index (χ1v) is 8.42. The average molecular weight is 306 g/mol. The highest BCUT2D eigenvalue weighted by Gasteiger charge is 2.15. The first-order valence-electron chi connectivity index (χ1n) is 6.23. The molecule has 0 bridgehead atoms. The molecule has 0 radical (unpaired) electrons. The van der Waals surface area contributed by atoms with Crippen LogP contribution in [0.15, 0.2) is 24.3 Å². The van der Waals surface area contributed by atoms with E-state index in [1.807, 2.05) is 6.07 Å². The maximum atomic E-state index is 11.9. The predicted octanol–water partition coefficient (Wildman–Crippen LogP) is 2.23. The van der Waals surface area contributed by atoms with Gasteiger partial charge in [-0.25, -0.2) is 8.42 Å². The Bertz CT molecular complexity index is 490. The largest absolute Gasteiger partial charge is 0.396 e. The molecule has 0 aliphatic carbocycles. The lowest BCUT2D eigenvalue weighted by atomic mass is 10.1. The first-order chi connectivity index (χ1) is 8.96. The van der Waals surface area contributed by atoms with Gasteiger partial charge in [0.05, 0.1) is 5.75 Å². The van der Waals surface area contributed by atoms with Crippen LogP contribution in [0.25, 0.3) is 0 Å². The fourth-order valence-electron chi connectivity index (χ4n) is 1.71. The van der Waals surface area contributed by atoms with Crippen LogP contribution < -0.4 is 4.72 Å². The number of aliphatic hydroxyl groups is 1. The summed E-state index contributed by atoms with van der Waals surface area (Å²) in [4.78, 5) is 0. The van der Waals surface area contributed by atoms with Crippen molar-refractivity contribution < 1.29 is 13.5 Å². The van der Waals surface area contributed by atoms with Crippen molar-refractivity contribution in [2.75, 3.05) is 23.0 Å². The second-order valence-corrected chi connectivity index (χ2v) is 6.75. The summed E-state index contributed by atoms with van der Waals surface area (Å²) >= 11 is 5.63. The van der Waals surface area contributed by atoms with Crippen molar-refractivity contribution in [1.29, 1.82) is 0 Å². The smallest absolute Gasteiger partial charge is 0.233 e. The van der Waals surface area contributed by atoms with Gasteiger partial charge < -0.3 is 5.11 Å². The molecule has 0 heterocycles. The number of alkyl halides is 1. The van der Waals surface area contributed by atoms with Crippen molar-refractivity contribution in [3.63, 3.8) is 0 Å². The summed E-state index contributed by atoms with van der Waals surface area (Å²) in [5.41, 5.74) is 1.55. The summed E-state index contributed by atoms with van der Waals surface area (Å²) in [5, 5.41) is 8.79. The maximum absolute atomic E-state index is 11.9. The standard InChI is InChI=1S/C13H20ClNO3S/c1-11(9-14)10-19(17,18)15-13-6-2-4-12(8-13)5-3-7-16/h2,4,6,8,11,15-16H,3,5,7,9-10H2,1H3. The van der Waals surface area contributed by atoms with Crippen LogP contribution in [0.1, 0.15) is 18.9 Å². The lowest BCUT2D eigenvalue weighted by molar-refractivity contribution is 0.288. The minimum atomic E-state index is -3.37. The second-order valence-electron chi connectivity index (χ2n) is 4.67. The number of anilines is 1. The van der Waals surface area contributed by atoms with E-state index >= 15 is 0 Å². The molecule has 0 spiro atoms. The van der Waals surface area contributed by atoms with E-state index < -0.39 is 10.0 Å². The molecule has 0 fully saturated rings. The summed E-state index contributed by atoms with van der Waals surface area (Å²) in [6.45, 7) is 1.92. The van der Waals surface area contributed by atoms with E-state index in [-0.39, 0.29) is 18.3 Å². The van der Waals surface area contributed by atoms with Crippen molar-refractivity contribution in [3.05, 3.63) is 29.8 Å². The maximum Gasteiger partial charge on any atom is 0.233 e. The third-order valence-corrected chi connectivity index (χ3v) is 4.67. The van der Waals surface area contributed by atoms with Crippen molar-refractivity contribution >= 4 is 27.3 Å². The molecule has 0 saturated heterocycles. The van der Waals surface area contributed by atoms with Crippen LogP contribution in [0.5, 0.6) is 0 Å². The molecule has 1 rings (SSSR count). The quantitative estimate of drug-likeness (QED) is 0.724. The summed E-state index contributed by atoms with van der Waals surface area (Å²) < 4.78 is 26.3. The minimum Gasteiger partial charge on any atom is -0.396 e. The predicted molar refractivity (Wildman–Crippen MR) is 79.1 cm³/mol. The highest BCUT2D eigenvalue weighted by molar-refractivity contribution is 7.92. The van der Waals surface area contributed by atoms with Crippen LogP contribution in [0.2, 0.25) is 0 Å². The van der Waals surface area contributed by atoms with Gasteiger partial charge in [0.15, 0.2) is 0 Å². The number of sulfonamides is 1. The molecule has 0 aliphatic heterocycles. The van der Waals surface area contributed by atoms with E-state index in [9.17, 15) is 8.42 Å². The number of nitrogens with one attached hydrogen (secondary N) is 1. The van der Waals surface area contributed by atoms with Crippen molar-refractivity contribution in [1.82, 2.24) is 0 Å². The van der Waals surface area contributed by atoms with E-state index in [1.54, 1.807) is 25.1 Å². The normalized spacial score (nSPS) is 13.2. The monoisotopic (exact) mass is 305 g/mol. The molecule has 0 aliphatic rings. The third kappa shape index (κ3) is 6.27. The molecule has 0 saturated carbocycles. The number of hydrogen-bond donors (Lipinski definition) is 2. The van der Waals surface area contributed by atoms with Crippen LogP contribution in [0.4, 0.5) is 5.69 Å². The lowest BCUT2D eigenvalue weighted by Gasteiger charge is -2.12. The SMILES string of the molecule is CC(CCl)CS(=O)(=O)Nc1cccc(CCCO)c1. The Morgan fingerprint density at radius 1 is 1.42 bits per heavy atom. The zero-order valence-electron chi connectivity index (χ0n) is 11.0. The molecule has 1 atom stereocenters. The van der Waals surface area contributed by atoms with E-state index in [1.165, 1.54) is 0 Å². The molecule has 6 heteroatoms. The van der Waals surface area contributed by atoms with Gasteiger partial charge in [0.2, 0.25) is 10.0 Å². The zero-order valence-corrected chi connectivity index (χ0v) is 12.5. The summed E-state index contributed by atoms with van der Waals surface area (Å²) in [5.74, 6) is 0.242. The number of benzene rings is 1. The lowest BCUT2D eigenvalue weighted by Crippen LogP contribution is -2.22. The third-order valence-electron chi connectivity index (χ3n) is 2.59. The highest BCUT2D eigenvalue weighted by atomic mass is 35.5. The summed E-state index contributed by atoms with van der Waals surface area (Å²) in [6, 6.07) is 7.22. The summed E-state index contributed by atoms with van der Waals surface area (Å²) in [6.07, 6.45) is 1.39. The van der Waals surface area contributed by atoms with Gasteiger partial charge in [-0.15, -0.1) is 11.6 Å². The zero-order chi connectivity index (χ0) is 14.3. The van der Waals surface area contributed by atoms with Gasteiger partial charge in [-0.05, 0) is 36.5 Å². The Morgan fingerprint density at radius 2 is 2.16 bits per heavy atom. The van der Waals surface area contributed by atoms with Gasteiger partial charge >= 0.3 is 0 Å². The van der Waals surface area contributed by atoms with Crippen LogP contribution in [0, 0.1) is 5.92 Å². The topological polar surface area (TPSA) is 66.4 Å². The Hall–Kier alpha value is -0.780. The number of halogens is 1. The van der Waals surface area contributed by atoms with Gasteiger partial charge in [-0.1, -0.05) is 19.1 Å². The van der Waals surface area contributed by atoms with Crippen LogP contribution in [-0.2, 0) is 16.4 Å². The molecule has 19 heavy (non-hydrogen) atoms. The Morgan fingerprint density at radius 3 is 2.79 bits per heavy atom. The Kier molecular flexibility index (Phi) is 6.62. The number of hydrogen-bond acceptors (Lipinski definition) is 3. The molecular weight excluding hydrogens is 286 g/mol. The highest BCUT2D eigenvalue weighted by Crippen LogP contribution is 2.15. The average Bonchev–Trinajstić information content (AvgIpc) is 2.35. The van der Waals surface area contributed by atoms with Crippen molar-refractivity contribution in [2.45, 2.75) is 19.8 Å². The Labute approximate surface area is 119 Å². The molecule has 1 aromatic carbocycles. The number of aliphatic hydroxyl groups excluding tert-OH is 1. The van der Waals surface area contributed by atoms with Gasteiger partial charge in [0, 0.05) is 18.2 Å². The van der Waals surface area contributed by atoms with Gasteiger partial charge in [0.25, 0.3) is 0 Å². The second kappa shape index (κ2) is 7.72. The van der Waals surface area contributed by atoms with E-state index in [4.69, 9.17) is 16.7 Å². The first kappa shape index (κ1) is 16.3. The molecule has 2 N–H and O–H groups in total.